The molecule has 0 saturated heterocycles. The van der Waals surface area contributed by atoms with Crippen LogP contribution in [0, 0.1) is 13.8 Å². The Labute approximate surface area is 173 Å². The Kier molecular flexibility index (Phi) is 4.99. The van der Waals surface area contributed by atoms with Crippen molar-refractivity contribution in [2.24, 2.45) is 0 Å². The number of nitrogens with zero attached hydrogens (tertiary/aromatic N) is 1. The third-order valence-corrected chi connectivity index (χ3v) is 5.03. The molecule has 0 aliphatic rings. The Morgan fingerprint density at radius 1 is 1.03 bits per heavy atom. The van der Waals surface area contributed by atoms with Crippen molar-refractivity contribution >= 4 is 34.3 Å². The number of carbonyl (C=O) groups is 1. The van der Waals surface area contributed by atoms with Crippen molar-refractivity contribution in [2.75, 3.05) is 12.4 Å². The van der Waals surface area contributed by atoms with Crippen LogP contribution in [0.4, 0.5) is 5.69 Å². The predicted molar refractivity (Wildman–Crippen MR) is 115 cm³/mol. The summed E-state index contributed by atoms with van der Waals surface area (Å²) in [7, 11) is 1.51. The van der Waals surface area contributed by atoms with Crippen molar-refractivity contribution in [3.8, 4) is 17.2 Å². The number of rotatable bonds is 4. The van der Waals surface area contributed by atoms with Gasteiger partial charge in [-0.3, -0.25) is 4.79 Å². The van der Waals surface area contributed by atoms with Crippen LogP contribution in [0.2, 0.25) is 5.02 Å². The van der Waals surface area contributed by atoms with Gasteiger partial charge < -0.3 is 14.5 Å². The summed E-state index contributed by atoms with van der Waals surface area (Å²) in [4.78, 5) is 17.2. The summed E-state index contributed by atoms with van der Waals surface area (Å²) in [5.74, 6) is 0.699. The first kappa shape index (κ1) is 19.0. The molecule has 4 aromatic rings. The highest BCUT2D eigenvalue weighted by molar-refractivity contribution is 6.31. The summed E-state index contributed by atoms with van der Waals surface area (Å²) < 4.78 is 11.1. The molecule has 0 unspecified atom stereocenters. The van der Waals surface area contributed by atoms with Gasteiger partial charge in [0, 0.05) is 16.3 Å². The second-order valence-electron chi connectivity index (χ2n) is 6.80. The highest BCUT2D eigenvalue weighted by atomic mass is 35.5. The van der Waals surface area contributed by atoms with Gasteiger partial charge in [-0.15, -0.1) is 0 Å². The summed E-state index contributed by atoms with van der Waals surface area (Å²) in [6.45, 7) is 4.10. The molecule has 3 aromatic carbocycles. The molecule has 146 valence electrons. The largest absolute Gasteiger partial charge is 0.496 e. The van der Waals surface area contributed by atoms with Crippen LogP contribution in [-0.2, 0) is 0 Å². The Bertz CT molecular complexity index is 1170. The number of nitrogens with one attached hydrogen (secondary N) is 1. The van der Waals surface area contributed by atoms with Gasteiger partial charge in [0.2, 0.25) is 5.89 Å². The molecule has 0 aliphatic heterocycles. The summed E-state index contributed by atoms with van der Waals surface area (Å²) in [5.41, 5.74) is 5.76. The lowest BCUT2D eigenvalue weighted by molar-refractivity contribution is 0.102. The van der Waals surface area contributed by atoms with Crippen molar-refractivity contribution in [1.82, 2.24) is 4.98 Å². The van der Waals surface area contributed by atoms with Crippen LogP contribution in [-0.4, -0.2) is 18.0 Å². The quantitative estimate of drug-likeness (QED) is 0.449. The Balaban J connectivity index is 1.57. The van der Waals surface area contributed by atoms with Gasteiger partial charge in [-0.05, 0) is 79.6 Å². The maximum absolute atomic E-state index is 12.6. The Morgan fingerprint density at radius 2 is 1.76 bits per heavy atom. The first-order chi connectivity index (χ1) is 13.9. The number of aryl methyl sites for hydroxylation is 2. The van der Waals surface area contributed by atoms with Crippen molar-refractivity contribution in [3.63, 3.8) is 0 Å². The average Bonchev–Trinajstić information content (AvgIpc) is 3.11. The van der Waals surface area contributed by atoms with Crippen LogP contribution in [0.15, 0.2) is 59.0 Å². The third kappa shape index (κ3) is 3.82. The summed E-state index contributed by atoms with van der Waals surface area (Å²) in [5, 5.41) is 3.32. The zero-order valence-corrected chi connectivity index (χ0v) is 17.0. The number of hydrogen-bond acceptors (Lipinski definition) is 4. The maximum Gasteiger partial charge on any atom is 0.259 e. The summed E-state index contributed by atoms with van der Waals surface area (Å²) in [6.07, 6.45) is 0. The molecule has 0 spiro atoms. The lowest BCUT2D eigenvalue weighted by Gasteiger charge is -2.10. The van der Waals surface area contributed by atoms with Gasteiger partial charge in [0.15, 0.2) is 5.58 Å². The minimum Gasteiger partial charge on any atom is -0.496 e. The van der Waals surface area contributed by atoms with E-state index in [9.17, 15) is 4.79 Å². The number of methoxy groups -OCH3 is 1. The van der Waals surface area contributed by atoms with Crippen molar-refractivity contribution in [3.05, 3.63) is 76.3 Å². The molecule has 0 atom stereocenters. The summed E-state index contributed by atoms with van der Waals surface area (Å²) >= 11 is 6.01. The molecule has 6 heteroatoms. The van der Waals surface area contributed by atoms with Gasteiger partial charge >= 0.3 is 0 Å². The number of fused-ring (bicyclic) bond motifs is 1. The van der Waals surface area contributed by atoms with Gasteiger partial charge in [-0.1, -0.05) is 11.6 Å². The van der Waals surface area contributed by atoms with E-state index in [4.69, 9.17) is 20.8 Å². The first-order valence-electron chi connectivity index (χ1n) is 9.08. The van der Waals surface area contributed by atoms with Gasteiger partial charge in [-0.2, -0.15) is 0 Å². The number of carbonyl (C=O) groups excluding carboxylic acids is 1. The molecule has 0 radical (unpaired) electrons. The minimum atomic E-state index is -0.301. The predicted octanol–water partition coefficient (Wildman–Crippen LogP) is 6.03. The zero-order valence-electron chi connectivity index (χ0n) is 16.2. The number of amides is 1. The number of aromatic nitrogens is 1. The standard InChI is InChI=1S/C23H19ClN2O3/c1-13-10-19-21(11-14(13)2)29-23(26-19)15-4-7-17(8-5-15)25-22(27)18-12-16(24)6-9-20(18)28-3/h4-12H,1-3H3,(H,25,27). The lowest BCUT2D eigenvalue weighted by Crippen LogP contribution is -2.13. The smallest absolute Gasteiger partial charge is 0.259 e. The van der Waals surface area contributed by atoms with Gasteiger partial charge in [-0.25, -0.2) is 4.98 Å². The molecule has 1 amide bonds. The molecular formula is C23H19ClN2O3. The molecule has 29 heavy (non-hydrogen) atoms. The molecular weight excluding hydrogens is 388 g/mol. The highest BCUT2D eigenvalue weighted by Gasteiger charge is 2.14. The van der Waals surface area contributed by atoms with Crippen LogP contribution in [0.5, 0.6) is 5.75 Å². The second-order valence-corrected chi connectivity index (χ2v) is 7.24. The van der Waals surface area contributed by atoms with E-state index in [0.29, 0.717) is 27.9 Å². The van der Waals surface area contributed by atoms with Gasteiger partial charge in [0.1, 0.15) is 11.3 Å². The van der Waals surface area contributed by atoms with Crippen LogP contribution in [0.3, 0.4) is 0 Å². The molecule has 0 fully saturated rings. The van der Waals surface area contributed by atoms with Crippen molar-refractivity contribution in [2.45, 2.75) is 13.8 Å². The topological polar surface area (TPSA) is 64.4 Å². The average molecular weight is 407 g/mol. The molecule has 0 saturated carbocycles. The maximum atomic E-state index is 12.6. The fourth-order valence-corrected chi connectivity index (χ4v) is 3.23. The van der Waals surface area contributed by atoms with E-state index in [2.05, 4.69) is 17.2 Å². The molecule has 1 aromatic heterocycles. The van der Waals surface area contributed by atoms with Crippen LogP contribution in [0.25, 0.3) is 22.6 Å². The minimum absolute atomic E-state index is 0.301. The van der Waals surface area contributed by atoms with E-state index in [1.54, 1.807) is 30.3 Å². The van der Waals surface area contributed by atoms with Crippen LogP contribution >= 0.6 is 11.6 Å². The van der Waals surface area contributed by atoms with E-state index in [1.165, 1.54) is 12.7 Å². The van der Waals surface area contributed by atoms with Gasteiger partial charge in [0.05, 0.1) is 12.7 Å². The highest BCUT2D eigenvalue weighted by Crippen LogP contribution is 2.28. The monoisotopic (exact) mass is 406 g/mol. The summed E-state index contributed by atoms with van der Waals surface area (Å²) in [6, 6.07) is 16.2. The number of halogens is 1. The van der Waals surface area contributed by atoms with Crippen molar-refractivity contribution in [1.29, 1.82) is 0 Å². The molecule has 5 nitrogen and oxygen atoms in total. The molecule has 1 N–H and O–H groups in total. The second kappa shape index (κ2) is 7.60. The molecule has 4 rings (SSSR count). The van der Waals surface area contributed by atoms with E-state index in [0.717, 1.165) is 22.2 Å². The van der Waals surface area contributed by atoms with E-state index in [1.807, 2.05) is 31.2 Å². The van der Waals surface area contributed by atoms with Crippen LogP contribution < -0.4 is 10.1 Å². The van der Waals surface area contributed by atoms with Gasteiger partial charge in [0.25, 0.3) is 5.91 Å². The normalized spacial score (nSPS) is 10.9. The van der Waals surface area contributed by atoms with E-state index in [-0.39, 0.29) is 5.91 Å². The third-order valence-electron chi connectivity index (χ3n) is 4.80. The lowest BCUT2D eigenvalue weighted by atomic mass is 10.1. The Morgan fingerprint density at radius 3 is 2.48 bits per heavy atom. The Hall–Kier alpha value is -3.31. The fraction of sp³-hybridized carbons (Fsp3) is 0.130. The first-order valence-corrected chi connectivity index (χ1v) is 9.45. The SMILES string of the molecule is COc1ccc(Cl)cc1C(=O)Nc1ccc(-c2nc3cc(C)c(C)cc3o2)cc1. The number of ether oxygens (including phenoxy) is 1. The fourth-order valence-electron chi connectivity index (χ4n) is 3.06. The van der Waals surface area contributed by atoms with E-state index >= 15 is 0 Å². The molecule has 0 bridgehead atoms. The number of hydrogen-bond donors (Lipinski definition) is 1. The zero-order chi connectivity index (χ0) is 20.5. The molecule has 1 heterocycles. The number of anilines is 1. The van der Waals surface area contributed by atoms with E-state index < -0.39 is 0 Å². The number of benzene rings is 3. The van der Waals surface area contributed by atoms with Crippen molar-refractivity contribution < 1.29 is 13.9 Å². The van der Waals surface area contributed by atoms with Crippen LogP contribution in [0.1, 0.15) is 21.5 Å². The number of oxazole rings is 1. The molecule has 0 aliphatic carbocycles.